The Morgan fingerprint density at radius 3 is 2.52 bits per heavy atom. The molecule has 23 heavy (non-hydrogen) atoms. The normalized spacial score (nSPS) is 10.7. The molecule has 0 aliphatic carbocycles. The van der Waals surface area contributed by atoms with E-state index in [1.165, 1.54) is 17.0 Å². The molecule has 1 aromatic heterocycles. The lowest BCUT2D eigenvalue weighted by atomic mass is 10.2. The molecule has 0 saturated heterocycles. The molecule has 0 bridgehead atoms. The van der Waals surface area contributed by atoms with E-state index in [0.29, 0.717) is 6.61 Å². The van der Waals surface area contributed by atoms with E-state index in [2.05, 4.69) is 28.9 Å². The first-order chi connectivity index (χ1) is 11.3. The SMILES string of the molecule is Fc1ccc(COc2ccccc2CNCc2cccs2)cc1. The van der Waals surface area contributed by atoms with Crippen molar-refractivity contribution in [3.63, 3.8) is 0 Å². The summed E-state index contributed by atoms with van der Waals surface area (Å²) in [5, 5.41) is 5.51. The van der Waals surface area contributed by atoms with Gasteiger partial charge in [0.2, 0.25) is 0 Å². The molecule has 2 aromatic carbocycles. The van der Waals surface area contributed by atoms with E-state index in [9.17, 15) is 4.39 Å². The van der Waals surface area contributed by atoms with Gasteiger partial charge in [-0.25, -0.2) is 4.39 Å². The third-order valence-electron chi connectivity index (χ3n) is 3.47. The van der Waals surface area contributed by atoms with Gasteiger partial charge in [0.15, 0.2) is 0 Å². The van der Waals surface area contributed by atoms with E-state index in [4.69, 9.17) is 4.74 Å². The summed E-state index contributed by atoms with van der Waals surface area (Å²) in [5.74, 6) is 0.627. The van der Waals surface area contributed by atoms with Gasteiger partial charge in [0, 0.05) is 23.5 Å². The van der Waals surface area contributed by atoms with Crippen LogP contribution in [0.2, 0.25) is 0 Å². The second-order valence-electron chi connectivity index (χ2n) is 5.21. The Morgan fingerprint density at radius 1 is 0.913 bits per heavy atom. The van der Waals surface area contributed by atoms with E-state index in [1.807, 2.05) is 18.2 Å². The maximum absolute atomic E-state index is 12.9. The van der Waals surface area contributed by atoms with Crippen molar-refractivity contribution in [2.75, 3.05) is 0 Å². The van der Waals surface area contributed by atoms with Crippen LogP contribution in [0.1, 0.15) is 16.0 Å². The van der Waals surface area contributed by atoms with Crippen molar-refractivity contribution in [3.05, 3.63) is 87.9 Å². The summed E-state index contributed by atoms with van der Waals surface area (Å²) in [4.78, 5) is 1.31. The molecule has 3 rings (SSSR count). The zero-order chi connectivity index (χ0) is 15.9. The van der Waals surface area contributed by atoms with Crippen molar-refractivity contribution < 1.29 is 9.13 Å². The summed E-state index contributed by atoms with van der Waals surface area (Å²) in [6, 6.07) is 18.6. The number of rotatable bonds is 7. The van der Waals surface area contributed by atoms with Gasteiger partial charge in [0.05, 0.1) is 0 Å². The van der Waals surface area contributed by atoms with E-state index in [-0.39, 0.29) is 5.82 Å². The first-order valence-electron chi connectivity index (χ1n) is 7.49. The van der Waals surface area contributed by atoms with E-state index in [1.54, 1.807) is 23.5 Å². The molecule has 4 heteroatoms. The van der Waals surface area contributed by atoms with Gasteiger partial charge in [0.1, 0.15) is 18.2 Å². The van der Waals surface area contributed by atoms with Crippen LogP contribution in [0.15, 0.2) is 66.0 Å². The van der Waals surface area contributed by atoms with Gasteiger partial charge in [-0.1, -0.05) is 36.4 Å². The first-order valence-corrected chi connectivity index (χ1v) is 8.37. The fourth-order valence-electron chi connectivity index (χ4n) is 2.27. The van der Waals surface area contributed by atoms with Crippen LogP contribution in [-0.4, -0.2) is 0 Å². The first kappa shape index (κ1) is 15.7. The number of nitrogens with one attached hydrogen (secondary N) is 1. The standard InChI is InChI=1S/C19H18FNOS/c20-17-9-7-15(8-10-17)14-22-19-6-2-1-4-16(19)12-21-13-18-5-3-11-23-18/h1-11,21H,12-14H2. The molecule has 0 fully saturated rings. The van der Waals surface area contributed by atoms with Crippen LogP contribution in [0.25, 0.3) is 0 Å². The molecule has 0 aliphatic heterocycles. The number of hydrogen-bond donors (Lipinski definition) is 1. The smallest absolute Gasteiger partial charge is 0.124 e. The van der Waals surface area contributed by atoms with Crippen molar-refractivity contribution in [1.29, 1.82) is 0 Å². The second kappa shape index (κ2) is 7.90. The number of hydrogen-bond acceptors (Lipinski definition) is 3. The van der Waals surface area contributed by atoms with Crippen LogP contribution in [0, 0.1) is 5.82 Å². The summed E-state index contributed by atoms with van der Waals surface area (Å²) >= 11 is 1.75. The minimum absolute atomic E-state index is 0.230. The molecule has 0 unspecified atom stereocenters. The van der Waals surface area contributed by atoms with Gasteiger partial charge in [-0.05, 0) is 35.2 Å². The lowest BCUT2D eigenvalue weighted by molar-refractivity contribution is 0.302. The van der Waals surface area contributed by atoms with Gasteiger partial charge in [0.25, 0.3) is 0 Å². The molecular weight excluding hydrogens is 309 g/mol. The summed E-state index contributed by atoms with van der Waals surface area (Å²) in [6.45, 7) is 2.03. The van der Waals surface area contributed by atoms with Crippen LogP contribution in [0.5, 0.6) is 5.75 Å². The van der Waals surface area contributed by atoms with Gasteiger partial charge < -0.3 is 10.1 Å². The van der Waals surface area contributed by atoms with Gasteiger partial charge >= 0.3 is 0 Å². The molecule has 1 N–H and O–H groups in total. The van der Waals surface area contributed by atoms with Crippen molar-refractivity contribution in [1.82, 2.24) is 5.32 Å². The number of ether oxygens (including phenoxy) is 1. The Hall–Kier alpha value is -2.17. The van der Waals surface area contributed by atoms with Gasteiger partial charge in [-0.15, -0.1) is 11.3 Å². The highest BCUT2D eigenvalue weighted by atomic mass is 32.1. The third kappa shape index (κ3) is 4.65. The van der Waals surface area contributed by atoms with Crippen molar-refractivity contribution >= 4 is 11.3 Å². The Bertz CT molecular complexity index is 725. The average Bonchev–Trinajstić information content (AvgIpc) is 3.09. The Morgan fingerprint density at radius 2 is 1.74 bits per heavy atom. The average molecular weight is 327 g/mol. The van der Waals surface area contributed by atoms with Crippen molar-refractivity contribution in [2.45, 2.75) is 19.7 Å². The number of benzene rings is 2. The van der Waals surface area contributed by atoms with E-state index < -0.39 is 0 Å². The minimum Gasteiger partial charge on any atom is -0.489 e. The highest BCUT2D eigenvalue weighted by Crippen LogP contribution is 2.20. The highest BCUT2D eigenvalue weighted by Gasteiger charge is 2.04. The summed E-state index contributed by atoms with van der Waals surface area (Å²) in [6.07, 6.45) is 0. The molecular formula is C19H18FNOS. The highest BCUT2D eigenvalue weighted by molar-refractivity contribution is 7.09. The van der Waals surface area contributed by atoms with E-state index >= 15 is 0 Å². The minimum atomic E-state index is -0.230. The molecule has 0 saturated carbocycles. The van der Waals surface area contributed by atoms with Crippen LogP contribution >= 0.6 is 11.3 Å². The molecule has 1 heterocycles. The molecule has 0 spiro atoms. The topological polar surface area (TPSA) is 21.3 Å². The maximum Gasteiger partial charge on any atom is 0.124 e. The molecule has 0 amide bonds. The predicted octanol–water partition coefficient (Wildman–Crippen LogP) is 4.76. The zero-order valence-corrected chi connectivity index (χ0v) is 13.5. The Balaban J connectivity index is 1.57. The Labute approximate surface area is 139 Å². The number of thiophene rings is 1. The lowest BCUT2D eigenvalue weighted by Gasteiger charge is -2.12. The summed E-state index contributed by atoms with van der Waals surface area (Å²) < 4.78 is 18.8. The Kier molecular flexibility index (Phi) is 5.40. The second-order valence-corrected chi connectivity index (χ2v) is 6.24. The van der Waals surface area contributed by atoms with Crippen LogP contribution in [-0.2, 0) is 19.7 Å². The van der Waals surface area contributed by atoms with Crippen LogP contribution in [0.4, 0.5) is 4.39 Å². The molecule has 0 radical (unpaired) electrons. The van der Waals surface area contributed by atoms with Crippen molar-refractivity contribution in [3.8, 4) is 5.75 Å². The molecule has 118 valence electrons. The molecule has 0 atom stereocenters. The third-order valence-corrected chi connectivity index (χ3v) is 4.35. The molecule has 0 aliphatic rings. The largest absolute Gasteiger partial charge is 0.489 e. The monoisotopic (exact) mass is 327 g/mol. The zero-order valence-electron chi connectivity index (χ0n) is 12.7. The van der Waals surface area contributed by atoms with Crippen molar-refractivity contribution in [2.24, 2.45) is 0 Å². The van der Waals surface area contributed by atoms with Crippen LogP contribution in [0.3, 0.4) is 0 Å². The quantitative estimate of drug-likeness (QED) is 0.676. The predicted molar refractivity (Wildman–Crippen MR) is 92.0 cm³/mol. The lowest BCUT2D eigenvalue weighted by Crippen LogP contribution is -2.12. The fourth-order valence-corrected chi connectivity index (χ4v) is 2.94. The van der Waals surface area contributed by atoms with Gasteiger partial charge in [-0.2, -0.15) is 0 Å². The molecule has 3 aromatic rings. The maximum atomic E-state index is 12.9. The number of para-hydroxylation sites is 1. The van der Waals surface area contributed by atoms with E-state index in [0.717, 1.165) is 30.0 Å². The summed E-state index contributed by atoms with van der Waals surface area (Å²) in [5.41, 5.74) is 2.07. The molecule has 2 nitrogen and oxygen atoms in total. The van der Waals surface area contributed by atoms with Crippen LogP contribution < -0.4 is 10.1 Å². The fraction of sp³-hybridized carbons (Fsp3) is 0.158. The summed E-state index contributed by atoms with van der Waals surface area (Å²) in [7, 11) is 0. The number of halogens is 1. The van der Waals surface area contributed by atoms with Gasteiger partial charge in [-0.3, -0.25) is 0 Å².